The van der Waals surface area contributed by atoms with Crippen LogP contribution in [-0.4, -0.2) is 36.3 Å². The fourth-order valence-electron chi connectivity index (χ4n) is 2.84. The Morgan fingerprint density at radius 2 is 2.04 bits per heavy atom. The molecule has 118 valence electrons. The van der Waals surface area contributed by atoms with Crippen molar-refractivity contribution in [1.82, 2.24) is 9.97 Å². The van der Waals surface area contributed by atoms with Gasteiger partial charge in [0.2, 0.25) is 0 Å². The molecule has 3 aromatic heterocycles. The van der Waals surface area contributed by atoms with Crippen molar-refractivity contribution in [1.29, 1.82) is 0 Å². The first-order valence-corrected chi connectivity index (χ1v) is 8.62. The molecule has 1 saturated heterocycles. The van der Waals surface area contributed by atoms with Gasteiger partial charge in [-0.25, -0.2) is 9.97 Å². The van der Waals surface area contributed by atoms with Crippen molar-refractivity contribution in [3.8, 4) is 0 Å². The first-order chi connectivity index (χ1) is 11.4. The zero-order chi connectivity index (χ0) is 15.5. The lowest BCUT2D eigenvalue weighted by molar-refractivity contribution is 0.122. The Morgan fingerprint density at radius 1 is 1.13 bits per heavy atom. The highest BCUT2D eigenvalue weighted by atomic mass is 32.1. The molecule has 0 spiro atoms. The predicted octanol–water partition coefficient (Wildman–Crippen LogP) is 3.14. The van der Waals surface area contributed by atoms with Crippen LogP contribution in [0.5, 0.6) is 0 Å². The second-order valence-corrected chi connectivity index (χ2v) is 6.38. The number of hydrogen-bond acceptors (Lipinski definition) is 6. The molecule has 5 nitrogen and oxygen atoms in total. The molecule has 0 atom stereocenters. The van der Waals surface area contributed by atoms with Crippen LogP contribution in [0, 0.1) is 0 Å². The molecular weight excluding hydrogens is 308 g/mol. The first-order valence-electron chi connectivity index (χ1n) is 7.74. The van der Waals surface area contributed by atoms with E-state index in [0.717, 1.165) is 37.9 Å². The summed E-state index contributed by atoms with van der Waals surface area (Å²) in [6, 6.07) is 8.27. The number of hydrogen-bond donors (Lipinski definition) is 1. The van der Waals surface area contributed by atoms with E-state index in [9.17, 15) is 0 Å². The highest BCUT2D eigenvalue weighted by Gasteiger charge is 2.15. The fourth-order valence-corrected chi connectivity index (χ4v) is 3.62. The van der Waals surface area contributed by atoms with Crippen LogP contribution in [0.15, 0.2) is 42.0 Å². The van der Waals surface area contributed by atoms with Gasteiger partial charge in [-0.2, -0.15) is 0 Å². The van der Waals surface area contributed by atoms with Crippen LogP contribution in [0.1, 0.15) is 5.56 Å². The fraction of sp³-hybridized carbons (Fsp3) is 0.294. The van der Waals surface area contributed by atoms with Crippen LogP contribution in [0.25, 0.3) is 10.1 Å². The molecule has 4 heterocycles. The number of nitrogens with one attached hydrogen (secondary N) is 1. The van der Waals surface area contributed by atoms with Crippen LogP contribution in [0.4, 0.5) is 11.6 Å². The number of rotatable bonds is 4. The van der Waals surface area contributed by atoms with Gasteiger partial charge in [0, 0.05) is 47.7 Å². The van der Waals surface area contributed by atoms with Crippen molar-refractivity contribution in [2.75, 3.05) is 36.5 Å². The summed E-state index contributed by atoms with van der Waals surface area (Å²) >= 11 is 1.73. The first kappa shape index (κ1) is 14.4. The van der Waals surface area contributed by atoms with E-state index in [1.165, 1.54) is 15.6 Å². The summed E-state index contributed by atoms with van der Waals surface area (Å²) in [4.78, 5) is 11.3. The molecule has 0 bridgehead atoms. The summed E-state index contributed by atoms with van der Waals surface area (Å²) < 4.78 is 6.69. The molecule has 1 aliphatic rings. The highest BCUT2D eigenvalue weighted by Crippen LogP contribution is 2.27. The summed E-state index contributed by atoms with van der Waals surface area (Å²) in [5.41, 5.74) is 1.18. The number of fused-ring (bicyclic) bond motifs is 1. The maximum absolute atomic E-state index is 5.44. The molecular formula is C17H18N4OS. The average Bonchev–Trinajstić information content (AvgIpc) is 3.10. The van der Waals surface area contributed by atoms with Crippen molar-refractivity contribution >= 4 is 33.1 Å². The standard InChI is InChI=1S/C17H18N4OS/c1-2-13(17(19-5-1)21-7-9-22-10-8-21)12-20-16-14-4-11-23-15(14)3-6-18-16/h1-6,11H,7-10,12H2,(H,18,20). The Labute approximate surface area is 138 Å². The van der Waals surface area contributed by atoms with Gasteiger partial charge in [0.15, 0.2) is 0 Å². The summed E-state index contributed by atoms with van der Waals surface area (Å²) in [6.45, 7) is 4.02. The third-order valence-corrected chi connectivity index (χ3v) is 4.89. The van der Waals surface area contributed by atoms with E-state index in [2.05, 4.69) is 43.8 Å². The molecule has 0 amide bonds. The third kappa shape index (κ3) is 3.00. The van der Waals surface area contributed by atoms with Crippen molar-refractivity contribution in [3.63, 3.8) is 0 Å². The Morgan fingerprint density at radius 3 is 2.96 bits per heavy atom. The topological polar surface area (TPSA) is 50.3 Å². The number of nitrogens with zero attached hydrogens (tertiary/aromatic N) is 3. The van der Waals surface area contributed by atoms with Gasteiger partial charge in [0.1, 0.15) is 11.6 Å². The molecule has 23 heavy (non-hydrogen) atoms. The number of ether oxygens (including phenoxy) is 1. The second kappa shape index (κ2) is 6.52. The Bertz CT molecular complexity index is 798. The highest BCUT2D eigenvalue weighted by molar-refractivity contribution is 7.17. The molecule has 6 heteroatoms. The van der Waals surface area contributed by atoms with Gasteiger partial charge < -0.3 is 15.0 Å². The lowest BCUT2D eigenvalue weighted by atomic mass is 10.2. The molecule has 0 saturated carbocycles. The molecule has 1 aliphatic heterocycles. The average molecular weight is 326 g/mol. The Balaban J connectivity index is 1.56. The van der Waals surface area contributed by atoms with Crippen molar-refractivity contribution < 1.29 is 4.74 Å². The lowest BCUT2D eigenvalue weighted by Crippen LogP contribution is -2.37. The molecule has 1 N–H and O–H groups in total. The number of thiophene rings is 1. The molecule has 0 radical (unpaired) electrons. The Kier molecular flexibility index (Phi) is 4.08. The van der Waals surface area contributed by atoms with Crippen molar-refractivity contribution in [3.05, 3.63) is 47.6 Å². The summed E-state index contributed by atoms with van der Waals surface area (Å²) in [5, 5.41) is 6.74. The molecule has 0 unspecified atom stereocenters. The number of morpholine rings is 1. The van der Waals surface area contributed by atoms with Crippen LogP contribution >= 0.6 is 11.3 Å². The largest absolute Gasteiger partial charge is 0.378 e. The number of pyridine rings is 2. The second-order valence-electron chi connectivity index (χ2n) is 5.43. The minimum atomic E-state index is 0.711. The SMILES string of the molecule is c1cnc(N2CCOCC2)c(CNc2nccc3sccc23)c1. The maximum Gasteiger partial charge on any atom is 0.134 e. The van der Waals surface area contributed by atoms with Gasteiger partial charge in [-0.05, 0) is 23.6 Å². The van der Waals surface area contributed by atoms with Crippen LogP contribution < -0.4 is 10.2 Å². The van der Waals surface area contributed by atoms with E-state index in [4.69, 9.17) is 4.74 Å². The zero-order valence-corrected chi connectivity index (χ0v) is 13.6. The minimum absolute atomic E-state index is 0.711. The quantitative estimate of drug-likeness (QED) is 0.798. The Hall–Kier alpha value is -2.18. The van der Waals surface area contributed by atoms with E-state index in [-0.39, 0.29) is 0 Å². The molecule has 0 aliphatic carbocycles. The van der Waals surface area contributed by atoms with Crippen molar-refractivity contribution in [2.45, 2.75) is 6.54 Å². The lowest BCUT2D eigenvalue weighted by Gasteiger charge is -2.29. The van der Waals surface area contributed by atoms with E-state index in [1.807, 2.05) is 18.5 Å². The van der Waals surface area contributed by atoms with Gasteiger partial charge in [0.25, 0.3) is 0 Å². The van der Waals surface area contributed by atoms with Gasteiger partial charge in [-0.3, -0.25) is 0 Å². The summed E-state index contributed by atoms with van der Waals surface area (Å²) in [5.74, 6) is 1.97. The monoisotopic (exact) mass is 326 g/mol. The summed E-state index contributed by atoms with van der Waals surface area (Å²) in [7, 11) is 0. The molecule has 4 rings (SSSR count). The molecule has 3 aromatic rings. The van der Waals surface area contributed by atoms with E-state index >= 15 is 0 Å². The van der Waals surface area contributed by atoms with Crippen molar-refractivity contribution in [2.24, 2.45) is 0 Å². The van der Waals surface area contributed by atoms with E-state index < -0.39 is 0 Å². The minimum Gasteiger partial charge on any atom is -0.378 e. The van der Waals surface area contributed by atoms with E-state index in [1.54, 1.807) is 11.3 Å². The van der Waals surface area contributed by atoms with Crippen LogP contribution in [0.3, 0.4) is 0 Å². The van der Waals surface area contributed by atoms with Gasteiger partial charge >= 0.3 is 0 Å². The number of anilines is 2. The van der Waals surface area contributed by atoms with Gasteiger partial charge in [0.05, 0.1) is 13.2 Å². The van der Waals surface area contributed by atoms with Gasteiger partial charge in [-0.1, -0.05) is 6.07 Å². The third-order valence-electron chi connectivity index (χ3n) is 4.00. The summed E-state index contributed by atoms with van der Waals surface area (Å²) in [6.07, 6.45) is 3.71. The van der Waals surface area contributed by atoms with Crippen LogP contribution in [0.2, 0.25) is 0 Å². The van der Waals surface area contributed by atoms with Crippen LogP contribution in [-0.2, 0) is 11.3 Å². The predicted molar refractivity (Wildman–Crippen MR) is 94.2 cm³/mol. The molecule has 1 fully saturated rings. The molecule has 0 aromatic carbocycles. The van der Waals surface area contributed by atoms with E-state index in [0.29, 0.717) is 6.54 Å². The van der Waals surface area contributed by atoms with Gasteiger partial charge in [-0.15, -0.1) is 11.3 Å². The zero-order valence-electron chi connectivity index (χ0n) is 12.7. The smallest absolute Gasteiger partial charge is 0.134 e. The normalized spacial score (nSPS) is 15.0. The number of aromatic nitrogens is 2. The maximum atomic E-state index is 5.44.